The normalized spacial score (nSPS) is 10.9. The second-order valence-corrected chi connectivity index (χ2v) is 4.60. The van der Waals surface area contributed by atoms with Gasteiger partial charge in [-0.3, -0.25) is 0 Å². The summed E-state index contributed by atoms with van der Waals surface area (Å²) >= 11 is 0. The van der Waals surface area contributed by atoms with Crippen LogP contribution in [0.5, 0.6) is 0 Å². The third kappa shape index (κ3) is 3.88. The first-order chi connectivity index (χ1) is 9.06. The van der Waals surface area contributed by atoms with Crippen LogP contribution in [0.15, 0.2) is 35.4 Å². The summed E-state index contributed by atoms with van der Waals surface area (Å²) in [6.07, 6.45) is 0. The molecule has 0 spiro atoms. The minimum absolute atomic E-state index is 0. The SMILES string of the molecule is C.C/C(=N/Nc1nc(C)cc(C)n1)c1ccccc1C. The molecule has 0 bridgehead atoms. The van der Waals surface area contributed by atoms with E-state index >= 15 is 0 Å². The van der Waals surface area contributed by atoms with Gasteiger partial charge in [-0.05, 0) is 39.3 Å². The molecule has 0 aliphatic heterocycles. The van der Waals surface area contributed by atoms with Crippen LogP contribution >= 0.6 is 0 Å². The predicted molar refractivity (Wildman–Crippen MR) is 85.2 cm³/mol. The fourth-order valence-corrected chi connectivity index (χ4v) is 1.95. The Hall–Kier alpha value is -2.23. The highest BCUT2D eigenvalue weighted by Crippen LogP contribution is 2.09. The number of aryl methyl sites for hydroxylation is 3. The van der Waals surface area contributed by atoms with Crippen molar-refractivity contribution >= 4 is 11.7 Å². The van der Waals surface area contributed by atoms with Gasteiger partial charge in [-0.1, -0.05) is 31.7 Å². The maximum Gasteiger partial charge on any atom is 0.243 e. The van der Waals surface area contributed by atoms with Gasteiger partial charge in [0.25, 0.3) is 0 Å². The first-order valence-electron chi connectivity index (χ1n) is 6.25. The molecule has 0 unspecified atom stereocenters. The Labute approximate surface area is 121 Å². The molecule has 0 saturated carbocycles. The Morgan fingerprint density at radius 2 is 1.65 bits per heavy atom. The fourth-order valence-electron chi connectivity index (χ4n) is 1.95. The monoisotopic (exact) mass is 270 g/mol. The summed E-state index contributed by atoms with van der Waals surface area (Å²) in [4.78, 5) is 8.59. The predicted octanol–water partition coefficient (Wildman–Crippen LogP) is 3.87. The van der Waals surface area contributed by atoms with E-state index in [9.17, 15) is 0 Å². The average Bonchev–Trinajstić information content (AvgIpc) is 2.35. The van der Waals surface area contributed by atoms with Crippen LogP contribution in [-0.4, -0.2) is 15.7 Å². The van der Waals surface area contributed by atoms with Crippen LogP contribution in [0.4, 0.5) is 5.95 Å². The van der Waals surface area contributed by atoms with Gasteiger partial charge in [0.05, 0.1) is 5.71 Å². The van der Waals surface area contributed by atoms with E-state index in [0.29, 0.717) is 5.95 Å². The lowest BCUT2D eigenvalue weighted by atomic mass is 10.1. The number of hydrogen-bond donors (Lipinski definition) is 1. The van der Waals surface area contributed by atoms with E-state index in [4.69, 9.17) is 0 Å². The molecule has 4 heteroatoms. The summed E-state index contributed by atoms with van der Waals surface area (Å²) in [5, 5.41) is 4.35. The summed E-state index contributed by atoms with van der Waals surface area (Å²) in [6.45, 7) is 7.93. The molecule has 0 amide bonds. The zero-order chi connectivity index (χ0) is 13.8. The molecule has 1 N–H and O–H groups in total. The molecule has 0 saturated heterocycles. The summed E-state index contributed by atoms with van der Waals surface area (Å²) < 4.78 is 0. The maximum absolute atomic E-state index is 4.35. The van der Waals surface area contributed by atoms with Gasteiger partial charge in [-0.25, -0.2) is 15.4 Å². The van der Waals surface area contributed by atoms with Crippen molar-refractivity contribution in [2.75, 3.05) is 5.43 Å². The van der Waals surface area contributed by atoms with Crippen LogP contribution in [0.3, 0.4) is 0 Å². The van der Waals surface area contributed by atoms with Gasteiger partial charge in [0.15, 0.2) is 0 Å². The van der Waals surface area contributed by atoms with Crippen LogP contribution in [0.1, 0.15) is 36.9 Å². The Morgan fingerprint density at radius 1 is 1.05 bits per heavy atom. The number of hydrogen-bond acceptors (Lipinski definition) is 4. The third-order valence-electron chi connectivity index (χ3n) is 2.84. The molecule has 0 atom stereocenters. The highest BCUT2D eigenvalue weighted by atomic mass is 15.4. The van der Waals surface area contributed by atoms with Gasteiger partial charge >= 0.3 is 0 Å². The van der Waals surface area contributed by atoms with E-state index < -0.39 is 0 Å². The Balaban J connectivity index is 0.00000200. The van der Waals surface area contributed by atoms with Crippen LogP contribution in [-0.2, 0) is 0 Å². The van der Waals surface area contributed by atoms with Gasteiger partial charge in [-0.2, -0.15) is 5.10 Å². The van der Waals surface area contributed by atoms with Crippen molar-refractivity contribution < 1.29 is 0 Å². The number of anilines is 1. The quantitative estimate of drug-likeness (QED) is 0.680. The first-order valence-corrected chi connectivity index (χ1v) is 6.25. The first kappa shape index (κ1) is 15.8. The largest absolute Gasteiger partial charge is 0.245 e. The number of rotatable bonds is 3. The molecule has 20 heavy (non-hydrogen) atoms. The van der Waals surface area contributed by atoms with Crippen LogP contribution in [0.2, 0.25) is 0 Å². The second-order valence-electron chi connectivity index (χ2n) is 4.60. The van der Waals surface area contributed by atoms with Gasteiger partial charge in [0, 0.05) is 17.0 Å². The fraction of sp³-hybridized carbons (Fsp3) is 0.312. The molecule has 0 aliphatic carbocycles. The van der Waals surface area contributed by atoms with Crippen LogP contribution < -0.4 is 5.43 Å². The number of benzene rings is 1. The third-order valence-corrected chi connectivity index (χ3v) is 2.84. The number of aromatic nitrogens is 2. The summed E-state index contributed by atoms with van der Waals surface area (Å²) in [6, 6.07) is 10.1. The number of nitrogens with zero attached hydrogens (tertiary/aromatic N) is 3. The van der Waals surface area contributed by atoms with Gasteiger partial charge in [0.2, 0.25) is 5.95 Å². The molecule has 0 radical (unpaired) electrons. The van der Waals surface area contributed by atoms with Crippen molar-refractivity contribution in [2.45, 2.75) is 35.1 Å². The van der Waals surface area contributed by atoms with E-state index in [1.165, 1.54) is 5.56 Å². The van der Waals surface area contributed by atoms with E-state index in [1.807, 2.05) is 39.0 Å². The molecular formula is C16H22N4. The number of hydrazone groups is 1. The van der Waals surface area contributed by atoms with Gasteiger partial charge < -0.3 is 0 Å². The molecule has 2 aromatic rings. The van der Waals surface area contributed by atoms with Crippen molar-refractivity contribution in [1.82, 2.24) is 9.97 Å². The standard InChI is InChI=1S/C15H18N4.CH4/c1-10-7-5-6-8-14(10)13(4)18-19-15-16-11(2)9-12(3)17-15;/h5-9H,1-4H3,(H,16,17,19);1H4/b18-13-;. The molecule has 106 valence electrons. The van der Waals surface area contributed by atoms with Gasteiger partial charge in [-0.15, -0.1) is 0 Å². The number of nitrogens with one attached hydrogen (secondary N) is 1. The minimum atomic E-state index is 0. The van der Waals surface area contributed by atoms with Crippen molar-refractivity contribution in [2.24, 2.45) is 5.10 Å². The smallest absolute Gasteiger partial charge is 0.243 e. The molecule has 0 aliphatic rings. The van der Waals surface area contributed by atoms with E-state index in [0.717, 1.165) is 22.7 Å². The molecule has 1 aromatic carbocycles. The van der Waals surface area contributed by atoms with E-state index in [1.54, 1.807) is 0 Å². The molecule has 1 aromatic heterocycles. The summed E-state index contributed by atoms with van der Waals surface area (Å²) in [5.74, 6) is 0.533. The molecule has 2 rings (SSSR count). The highest BCUT2D eigenvalue weighted by molar-refractivity contribution is 6.00. The zero-order valence-corrected chi connectivity index (χ0v) is 11.7. The molecule has 1 heterocycles. The Bertz CT molecular complexity index is 597. The van der Waals surface area contributed by atoms with Crippen molar-refractivity contribution in [1.29, 1.82) is 0 Å². The second kappa shape index (κ2) is 6.80. The Kier molecular flexibility index (Phi) is 5.38. The van der Waals surface area contributed by atoms with Crippen molar-refractivity contribution in [3.8, 4) is 0 Å². The lowest BCUT2D eigenvalue weighted by molar-refractivity contribution is 1.03. The van der Waals surface area contributed by atoms with Crippen molar-refractivity contribution in [3.05, 3.63) is 52.8 Å². The lowest BCUT2D eigenvalue weighted by Gasteiger charge is -2.06. The topological polar surface area (TPSA) is 50.2 Å². The molecule has 4 nitrogen and oxygen atoms in total. The Morgan fingerprint density at radius 3 is 2.25 bits per heavy atom. The van der Waals surface area contributed by atoms with E-state index in [-0.39, 0.29) is 7.43 Å². The van der Waals surface area contributed by atoms with Crippen LogP contribution in [0, 0.1) is 20.8 Å². The summed E-state index contributed by atoms with van der Waals surface area (Å²) in [5.41, 5.74) is 8.02. The lowest BCUT2D eigenvalue weighted by Crippen LogP contribution is -2.04. The highest BCUT2D eigenvalue weighted by Gasteiger charge is 2.02. The molecular weight excluding hydrogens is 248 g/mol. The van der Waals surface area contributed by atoms with Crippen LogP contribution in [0.25, 0.3) is 0 Å². The van der Waals surface area contributed by atoms with Gasteiger partial charge in [0.1, 0.15) is 0 Å². The van der Waals surface area contributed by atoms with E-state index in [2.05, 4.69) is 39.6 Å². The zero-order valence-electron chi connectivity index (χ0n) is 11.7. The average molecular weight is 270 g/mol. The van der Waals surface area contributed by atoms with Crippen molar-refractivity contribution in [3.63, 3.8) is 0 Å². The molecule has 0 fully saturated rings. The minimum Gasteiger partial charge on any atom is -0.245 e. The maximum atomic E-state index is 4.35. The summed E-state index contributed by atoms with van der Waals surface area (Å²) in [7, 11) is 0.